The summed E-state index contributed by atoms with van der Waals surface area (Å²) in [6.45, 7) is 0.869. The molecule has 0 saturated carbocycles. The predicted molar refractivity (Wildman–Crippen MR) is 98.1 cm³/mol. The van der Waals surface area contributed by atoms with E-state index in [9.17, 15) is 13.6 Å². The van der Waals surface area contributed by atoms with E-state index in [2.05, 4.69) is 20.2 Å². The zero-order valence-electron chi connectivity index (χ0n) is 14.4. The fourth-order valence-electron chi connectivity index (χ4n) is 3.07. The molecule has 0 aliphatic carbocycles. The minimum Gasteiger partial charge on any atom is -0.438 e. The molecule has 28 heavy (non-hydrogen) atoms. The van der Waals surface area contributed by atoms with Crippen molar-refractivity contribution in [2.45, 2.75) is 19.4 Å². The summed E-state index contributed by atoms with van der Waals surface area (Å²) in [6, 6.07) is 5.95. The molecular weight excluding hydrogens is 392 g/mol. The number of hydrogen-bond acceptors (Lipinski definition) is 6. The number of nitrogens with one attached hydrogen (secondary N) is 1. The Hall–Kier alpha value is -3.07. The van der Waals surface area contributed by atoms with Crippen LogP contribution in [-0.2, 0) is 13.0 Å². The minimum absolute atomic E-state index is 0.0508. The SMILES string of the molecule is O=c1[nH]ncc(N2CCc3c(ncnc3Oc3ccccc3C(F)F)C2)c1Cl. The lowest BCUT2D eigenvalue weighted by molar-refractivity contribution is 0.148. The molecule has 0 spiro atoms. The van der Waals surface area contributed by atoms with Crippen LogP contribution in [0.2, 0.25) is 5.02 Å². The number of halogens is 3. The fraction of sp³-hybridized carbons (Fsp3) is 0.222. The van der Waals surface area contributed by atoms with Gasteiger partial charge in [0.15, 0.2) is 0 Å². The monoisotopic (exact) mass is 405 g/mol. The minimum atomic E-state index is -2.66. The highest BCUT2D eigenvalue weighted by atomic mass is 35.5. The van der Waals surface area contributed by atoms with Crippen molar-refractivity contribution in [2.75, 3.05) is 11.4 Å². The first kappa shape index (κ1) is 18.3. The van der Waals surface area contributed by atoms with Gasteiger partial charge in [0.2, 0.25) is 5.88 Å². The van der Waals surface area contributed by atoms with Gasteiger partial charge in [-0.1, -0.05) is 23.7 Å². The largest absolute Gasteiger partial charge is 0.438 e. The summed E-state index contributed by atoms with van der Waals surface area (Å²) in [5.74, 6) is 0.301. The highest BCUT2D eigenvalue weighted by Gasteiger charge is 2.25. The van der Waals surface area contributed by atoms with E-state index in [1.807, 2.05) is 4.90 Å². The summed E-state index contributed by atoms with van der Waals surface area (Å²) in [4.78, 5) is 22.0. The number of H-pyrrole nitrogens is 1. The zero-order valence-corrected chi connectivity index (χ0v) is 15.2. The summed E-state index contributed by atoms with van der Waals surface area (Å²) in [5.41, 5.74) is 1.23. The van der Waals surface area contributed by atoms with Crippen molar-refractivity contribution in [1.29, 1.82) is 0 Å². The van der Waals surface area contributed by atoms with Gasteiger partial charge in [-0.05, 0) is 18.6 Å². The Morgan fingerprint density at radius 1 is 1.25 bits per heavy atom. The van der Waals surface area contributed by atoms with E-state index in [0.29, 0.717) is 30.9 Å². The summed E-state index contributed by atoms with van der Waals surface area (Å²) in [7, 11) is 0. The quantitative estimate of drug-likeness (QED) is 0.715. The zero-order chi connectivity index (χ0) is 19.7. The summed E-state index contributed by atoms with van der Waals surface area (Å²) < 4.78 is 32.1. The number of rotatable bonds is 4. The molecule has 1 aliphatic rings. The predicted octanol–water partition coefficient (Wildman–Crippen LogP) is 3.51. The Bertz CT molecular complexity index is 1080. The maximum Gasteiger partial charge on any atom is 0.285 e. The van der Waals surface area contributed by atoms with Crippen LogP contribution in [0.1, 0.15) is 23.2 Å². The number of alkyl halides is 2. The molecule has 7 nitrogen and oxygen atoms in total. The first-order valence-corrected chi connectivity index (χ1v) is 8.78. The van der Waals surface area contributed by atoms with Gasteiger partial charge in [-0.15, -0.1) is 0 Å². The van der Waals surface area contributed by atoms with Crippen molar-refractivity contribution in [1.82, 2.24) is 20.2 Å². The Kier molecular flexibility index (Phi) is 4.91. The van der Waals surface area contributed by atoms with Crippen LogP contribution in [0.4, 0.5) is 14.5 Å². The molecule has 1 aromatic carbocycles. The number of hydrogen-bond donors (Lipinski definition) is 1. The van der Waals surface area contributed by atoms with Gasteiger partial charge >= 0.3 is 0 Å². The molecule has 0 amide bonds. The third-order valence-corrected chi connectivity index (χ3v) is 4.81. The van der Waals surface area contributed by atoms with Crippen LogP contribution < -0.4 is 15.2 Å². The van der Waals surface area contributed by atoms with Gasteiger partial charge < -0.3 is 9.64 Å². The number of anilines is 1. The molecule has 0 fully saturated rings. The average molecular weight is 406 g/mol. The van der Waals surface area contributed by atoms with E-state index >= 15 is 0 Å². The lowest BCUT2D eigenvalue weighted by Gasteiger charge is -2.30. The number of fused-ring (bicyclic) bond motifs is 1. The first-order chi connectivity index (χ1) is 13.5. The van der Waals surface area contributed by atoms with E-state index in [0.717, 1.165) is 5.56 Å². The van der Waals surface area contributed by atoms with Crippen LogP contribution in [0.5, 0.6) is 11.6 Å². The molecular formula is C18H14ClF2N5O2. The molecule has 1 N–H and O–H groups in total. The van der Waals surface area contributed by atoms with Crippen molar-refractivity contribution in [3.63, 3.8) is 0 Å². The molecule has 2 aromatic heterocycles. The number of aromatic amines is 1. The smallest absolute Gasteiger partial charge is 0.285 e. The molecule has 144 valence electrons. The third-order valence-electron chi connectivity index (χ3n) is 4.45. The highest BCUT2D eigenvalue weighted by Crippen LogP contribution is 2.35. The lowest BCUT2D eigenvalue weighted by Crippen LogP contribution is -2.33. The van der Waals surface area contributed by atoms with Crippen LogP contribution in [0.3, 0.4) is 0 Å². The van der Waals surface area contributed by atoms with Gasteiger partial charge in [0, 0.05) is 12.1 Å². The van der Waals surface area contributed by atoms with Crippen molar-refractivity contribution in [2.24, 2.45) is 0 Å². The summed E-state index contributed by atoms with van der Waals surface area (Å²) in [6.07, 6.45) is 0.632. The highest BCUT2D eigenvalue weighted by molar-refractivity contribution is 6.32. The maximum absolute atomic E-state index is 13.2. The molecule has 1 aliphatic heterocycles. The first-order valence-electron chi connectivity index (χ1n) is 8.40. The normalized spacial score (nSPS) is 13.5. The average Bonchev–Trinajstić information content (AvgIpc) is 2.70. The second-order valence-corrected chi connectivity index (χ2v) is 6.49. The lowest BCUT2D eigenvalue weighted by atomic mass is 10.1. The van der Waals surface area contributed by atoms with Gasteiger partial charge in [-0.2, -0.15) is 5.10 Å². The van der Waals surface area contributed by atoms with E-state index in [1.54, 1.807) is 6.07 Å². The molecule has 0 radical (unpaired) electrons. The topological polar surface area (TPSA) is 84.0 Å². The molecule has 0 atom stereocenters. The summed E-state index contributed by atoms with van der Waals surface area (Å²) in [5, 5.41) is 6.11. The van der Waals surface area contributed by atoms with Crippen LogP contribution in [0.25, 0.3) is 0 Å². The molecule has 0 unspecified atom stereocenters. The molecule has 4 rings (SSSR count). The molecule has 0 bridgehead atoms. The van der Waals surface area contributed by atoms with Crippen molar-refractivity contribution in [3.05, 3.63) is 69.0 Å². The second-order valence-electron chi connectivity index (χ2n) is 6.11. The third kappa shape index (κ3) is 3.40. The van der Waals surface area contributed by atoms with E-state index in [1.165, 1.54) is 30.7 Å². The van der Waals surface area contributed by atoms with E-state index in [4.69, 9.17) is 16.3 Å². The van der Waals surface area contributed by atoms with Crippen LogP contribution in [0, 0.1) is 0 Å². The van der Waals surface area contributed by atoms with Gasteiger partial charge in [0.1, 0.15) is 17.1 Å². The molecule has 10 heteroatoms. The van der Waals surface area contributed by atoms with Gasteiger partial charge in [0.05, 0.1) is 29.7 Å². The summed E-state index contributed by atoms with van der Waals surface area (Å²) >= 11 is 6.09. The van der Waals surface area contributed by atoms with Gasteiger partial charge in [-0.25, -0.2) is 23.8 Å². The number of benzene rings is 1. The molecule has 0 saturated heterocycles. The molecule has 3 heterocycles. The van der Waals surface area contributed by atoms with Crippen LogP contribution in [-0.4, -0.2) is 26.7 Å². The van der Waals surface area contributed by atoms with Gasteiger partial charge in [0.25, 0.3) is 12.0 Å². The number of aromatic nitrogens is 4. The number of nitrogens with zero attached hydrogens (tertiary/aromatic N) is 4. The Labute approximate surface area is 163 Å². The Morgan fingerprint density at radius 3 is 2.89 bits per heavy atom. The van der Waals surface area contributed by atoms with Crippen LogP contribution >= 0.6 is 11.6 Å². The van der Waals surface area contributed by atoms with E-state index < -0.39 is 12.0 Å². The number of ether oxygens (including phenoxy) is 1. The number of para-hydroxylation sites is 1. The maximum atomic E-state index is 13.2. The Balaban J connectivity index is 1.64. The van der Waals surface area contributed by atoms with Crippen molar-refractivity contribution >= 4 is 17.3 Å². The fourth-order valence-corrected chi connectivity index (χ4v) is 3.28. The second kappa shape index (κ2) is 7.51. The van der Waals surface area contributed by atoms with Crippen molar-refractivity contribution in [3.8, 4) is 11.6 Å². The van der Waals surface area contributed by atoms with Crippen LogP contribution in [0.15, 0.2) is 41.6 Å². The standard InChI is InChI=1S/C18H14ClF2N5O2/c19-15-13(7-24-25-17(15)27)26-6-5-10-12(8-26)22-9-23-18(10)28-14-4-2-1-3-11(14)16(20)21/h1-4,7,9,16H,5-6,8H2,(H,25,27). The van der Waals surface area contributed by atoms with Crippen molar-refractivity contribution < 1.29 is 13.5 Å². The Morgan fingerprint density at radius 2 is 2.07 bits per heavy atom. The van der Waals surface area contributed by atoms with E-state index in [-0.39, 0.29) is 22.2 Å². The molecule has 3 aromatic rings. The van der Waals surface area contributed by atoms with Gasteiger partial charge in [-0.3, -0.25) is 4.79 Å².